The molecule has 2 aromatic rings. The van der Waals surface area contributed by atoms with Crippen LogP contribution in [0.2, 0.25) is 0 Å². The van der Waals surface area contributed by atoms with Crippen molar-refractivity contribution in [1.82, 2.24) is 9.88 Å². The van der Waals surface area contributed by atoms with Crippen molar-refractivity contribution in [3.8, 4) is 5.88 Å². The summed E-state index contributed by atoms with van der Waals surface area (Å²) in [6, 6.07) is 11.9. The lowest BCUT2D eigenvalue weighted by molar-refractivity contribution is -0.150. The molecular weight excluding hydrogens is 385 g/mol. The van der Waals surface area contributed by atoms with Gasteiger partial charge >= 0.3 is 6.18 Å². The average Bonchev–Trinajstić information content (AvgIpc) is 2.71. The normalized spacial score (nSPS) is 19.5. The summed E-state index contributed by atoms with van der Waals surface area (Å²) >= 11 is 0. The highest BCUT2D eigenvalue weighted by Gasteiger charge is 2.47. The van der Waals surface area contributed by atoms with Crippen LogP contribution in [0.5, 0.6) is 5.88 Å². The quantitative estimate of drug-likeness (QED) is 0.781. The van der Waals surface area contributed by atoms with Crippen molar-refractivity contribution in [2.24, 2.45) is 0 Å². The number of hydrogen-bond donors (Lipinski definition) is 0. The molecule has 2 aliphatic heterocycles. The molecule has 2 fully saturated rings. The molecule has 0 spiro atoms. The van der Waals surface area contributed by atoms with Crippen molar-refractivity contribution >= 4 is 5.91 Å². The lowest BCUT2D eigenvalue weighted by Crippen LogP contribution is -2.61. The summed E-state index contributed by atoms with van der Waals surface area (Å²) in [7, 11) is 0. The Balaban J connectivity index is 1.40. The van der Waals surface area contributed by atoms with Gasteiger partial charge in [0.25, 0.3) is 0 Å². The molecule has 2 saturated heterocycles. The minimum atomic E-state index is -4.43. The smallest absolute Gasteiger partial charge is 0.417 e. The Hall–Kier alpha value is -2.61. The van der Waals surface area contributed by atoms with Crippen LogP contribution in [-0.4, -0.2) is 48.2 Å². The van der Waals surface area contributed by atoms with E-state index >= 15 is 0 Å². The third-order valence-electron chi connectivity index (χ3n) is 5.57. The highest BCUT2D eigenvalue weighted by molar-refractivity contribution is 5.89. The molecule has 0 radical (unpaired) electrons. The van der Waals surface area contributed by atoms with E-state index in [1.165, 1.54) is 6.07 Å². The maximum absolute atomic E-state index is 13.3. The maximum atomic E-state index is 13.3. The van der Waals surface area contributed by atoms with Gasteiger partial charge in [-0.3, -0.25) is 4.79 Å². The molecule has 3 heterocycles. The Labute approximate surface area is 166 Å². The number of amides is 1. The zero-order valence-corrected chi connectivity index (χ0v) is 15.7. The van der Waals surface area contributed by atoms with E-state index in [4.69, 9.17) is 9.47 Å². The fraction of sp³-hybridized carbons (Fsp3) is 0.429. The molecule has 0 bridgehead atoms. The van der Waals surface area contributed by atoms with Crippen molar-refractivity contribution in [2.45, 2.75) is 30.5 Å². The summed E-state index contributed by atoms with van der Waals surface area (Å²) in [5.41, 5.74) is -0.432. The molecule has 1 aromatic heterocycles. The predicted molar refractivity (Wildman–Crippen MR) is 98.4 cm³/mol. The highest BCUT2D eigenvalue weighted by atomic mass is 19.4. The molecule has 0 aliphatic carbocycles. The van der Waals surface area contributed by atoms with Crippen molar-refractivity contribution in [2.75, 3.05) is 26.3 Å². The van der Waals surface area contributed by atoms with Gasteiger partial charge in [-0.15, -0.1) is 0 Å². The van der Waals surface area contributed by atoms with Crippen LogP contribution in [-0.2, 0) is 21.1 Å². The first-order valence-corrected chi connectivity index (χ1v) is 9.51. The van der Waals surface area contributed by atoms with Crippen LogP contribution in [0.25, 0.3) is 0 Å². The number of alkyl halides is 3. The number of ether oxygens (including phenoxy) is 2. The van der Waals surface area contributed by atoms with Crippen molar-refractivity contribution < 1.29 is 27.4 Å². The van der Waals surface area contributed by atoms with Crippen molar-refractivity contribution in [1.29, 1.82) is 0 Å². The van der Waals surface area contributed by atoms with Crippen LogP contribution in [0, 0.1) is 0 Å². The zero-order chi connectivity index (χ0) is 20.5. The molecule has 2 aliphatic rings. The van der Waals surface area contributed by atoms with Crippen molar-refractivity contribution in [3.63, 3.8) is 0 Å². The van der Waals surface area contributed by atoms with E-state index in [2.05, 4.69) is 4.98 Å². The first-order valence-electron chi connectivity index (χ1n) is 9.51. The van der Waals surface area contributed by atoms with Gasteiger partial charge in [0.05, 0.1) is 24.1 Å². The largest absolute Gasteiger partial charge is 0.471 e. The van der Waals surface area contributed by atoms with E-state index in [0.29, 0.717) is 39.1 Å². The first kappa shape index (κ1) is 19.7. The second-order valence-corrected chi connectivity index (χ2v) is 7.39. The standard InChI is InChI=1S/C21H21F3N2O3/c22-21(23,24)16-6-7-18(25-12-16)29-17-13-26(14-17)19(27)20(8-10-28-11-9-20)15-4-2-1-3-5-15/h1-7,12,17H,8-11,13-14H2. The summed E-state index contributed by atoms with van der Waals surface area (Å²) in [6.07, 6.45) is -2.71. The second-order valence-electron chi connectivity index (χ2n) is 7.39. The number of pyridine rings is 1. The van der Waals surface area contributed by atoms with E-state index in [-0.39, 0.29) is 17.9 Å². The van der Waals surface area contributed by atoms with Gasteiger partial charge in [-0.2, -0.15) is 13.2 Å². The summed E-state index contributed by atoms with van der Waals surface area (Å²) in [5, 5.41) is 0. The van der Waals surface area contributed by atoms with Gasteiger partial charge in [-0.05, 0) is 24.5 Å². The molecule has 1 amide bonds. The number of benzene rings is 1. The van der Waals surface area contributed by atoms with Crippen molar-refractivity contribution in [3.05, 3.63) is 59.8 Å². The van der Waals surface area contributed by atoms with Gasteiger partial charge in [-0.25, -0.2) is 4.98 Å². The number of carbonyl (C=O) groups excluding carboxylic acids is 1. The number of carbonyl (C=O) groups is 1. The minimum absolute atomic E-state index is 0.0484. The van der Waals surface area contributed by atoms with E-state index in [9.17, 15) is 18.0 Å². The van der Waals surface area contributed by atoms with Gasteiger partial charge in [-0.1, -0.05) is 30.3 Å². The van der Waals surface area contributed by atoms with Gasteiger partial charge < -0.3 is 14.4 Å². The Morgan fingerprint density at radius 2 is 1.79 bits per heavy atom. The Morgan fingerprint density at radius 1 is 1.10 bits per heavy atom. The van der Waals surface area contributed by atoms with Gasteiger partial charge in [0.2, 0.25) is 11.8 Å². The van der Waals surface area contributed by atoms with Gasteiger partial charge in [0, 0.05) is 25.5 Å². The van der Waals surface area contributed by atoms with Gasteiger partial charge in [0.15, 0.2) is 0 Å². The SMILES string of the molecule is O=C(N1CC(Oc2ccc(C(F)(F)F)cn2)C1)C1(c2ccccc2)CCOCC1. The van der Waals surface area contributed by atoms with Gasteiger partial charge in [0.1, 0.15) is 6.10 Å². The molecule has 8 heteroatoms. The molecule has 29 heavy (non-hydrogen) atoms. The number of rotatable bonds is 4. The third-order valence-corrected chi connectivity index (χ3v) is 5.57. The summed E-state index contributed by atoms with van der Waals surface area (Å²) in [4.78, 5) is 18.8. The number of aromatic nitrogens is 1. The second kappa shape index (κ2) is 7.67. The number of likely N-dealkylation sites (tertiary alicyclic amines) is 1. The molecular formula is C21H21F3N2O3. The Bertz CT molecular complexity index is 844. The van der Waals surface area contributed by atoms with E-state index in [1.54, 1.807) is 4.90 Å². The van der Waals surface area contributed by atoms with E-state index in [1.807, 2.05) is 30.3 Å². The lowest BCUT2D eigenvalue weighted by Gasteiger charge is -2.46. The van der Waals surface area contributed by atoms with Crippen LogP contribution in [0.1, 0.15) is 24.0 Å². The summed E-state index contributed by atoms with van der Waals surface area (Å²) in [5.74, 6) is 0.172. The molecule has 0 saturated carbocycles. The van der Waals surface area contributed by atoms with Crippen LogP contribution in [0.3, 0.4) is 0 Å². The zero-order valence-electron chi connectivity index (χ0n) is 15.7. The average molecular weight is 406 g/mol. The maximum Gasteiger partial charge on any atom is 0.417 e. The Morgan fingerprint density at radius 3 is 2.38 bits per heavy atom. The molecule has 0 atom stereocenters. The van der Waals surface area contributed by atoms with E-state index in [0.717, 1.165) is 17.8 Å². The summed E-state index contributed by atoms with van der Waals surface area (Å²) < 4.78 is 49.0. The number of nitrogens with zero attached hydrogens (tertiary/aromatic N) is 2. The molecule has 0 N–H and O–H groups in total. The first-order chi connectivity index (χ1) is 13.9. The Kier molecular flexibility index (Phi) is 5.21. The van der Waals surface area contributed by atoms with E-state index < -0.39 is 17.2 Å². The molecule has 154 valence electrons. The number of hydrogen-bond acceptors (Lipinski definition) is 4. The third kappa shape index (κ3) is 3.94. The topological polar surface area (TPSA) is 51.7 Å². The fourth-order valence-corrected chi connectivity index (χ4v) is 3.87. The fourth-order valence-electron chi connectivity index (χ4n) is 3.87. The molecule has 4 rings (SSSR count). The molecule has 5 nitrogen and oxygen atoms in total. The number of halogens is 3. The van der Waals surface area contributed by atoms with Crippen LogP contribution >= 0.6 is 0 Å². The molecule has 1 aromatic carbocycles. The summed E-state index contributed by atoms with van der Waals surface area (Å²) in [6.45, 7) is 1.84. The molecule has 0 unspecified atom stereocenters. The van der Waals surface area contributed by atoms with Crippen LogP contribution < -0.4 is 4.74 Å². The van der Waals surface area contributed by atoms with Crippen LogP contribution in [0.4, 0.5) is 13.2 Å². The monoisotopic (exact) mass is 406 g/mol. The predicted octanol–water partition coefficient (Wildman–Crippen LogP) is 3.44. The van der Waals surface area contributed by atoms with Crippen LogP contribution in [0.15, 0.2) is 48.7 Å². The minimum Gasteiger partial charge on any atom is -0.471 e. The lowest BCUT2D eigenvalue weighted by atomic mass is 9.72. The highest BCUT2D eigenvalue weighted by Crippen LogP contribution is 2.38.